The average molecular weight is 356 g/mol. The minimum Gasteiger partial charge on any atom is -0.467 e. The zero-order chi connectivity index (χ0) is 18.0. The van der Waals surface area contributed by atoms with Crippen LogP contribution in [0.1, 0.15) is 38.4 Å². The Morgan fingerprint density at radius 1 is 1.20 bits per heavy atom. The van der Waals surface area contributed by atoms with Gasteiger partial charge in [-0.3, -0.25) is 4.79 Å². The molecule has 2 heterocycles. The van der Waals surface area contributed by atoms with Crippen molar-refractivity contribution in [2.45, 2.75) is 39.4 Å². The van der Waals surface area contributed by atoms with Crippen LogP contribution >= 0.6 is 11.8 Å². The zero-order valence-corrected chi connectivity index (χ0v) is 15.6. The third-order valence-corrected chi connectivity index (χ3v) is 5.32. The number of hydrogen-bond acceptors (Lipinski definition) is 6. The molecule has 7 heteroatoms. The first-order chi connectivity index (χ1) is 12.0. The lowest BCUT2D eigenvalue weighted by atomic mass is 9.92. The summed E-state index contributed by atoms with van der Waals surface area (Å²) < 4.78 is 6.96. The van der Waals surface area contributed by atoms with Crippen molar-refractivity contribution >= 4 is 17.5 Å². The van der Waals surface area contributed by atoms with Crippen molar-refractivity contribution in [3.05, 3.63) is 58.0 Å². The summed E-state index contributed by atoms with van der Waals surface area (Å²) in [6, 6.07) is 5.81. The topological polar surface area (TPSA) is 73.8 Å². The summed E-state index contributed by atoms with van der Waals surface area (Å²) in [5.74, 6) is 1.16. The number of Topliss-reactive ketones (excluding diaryl/α,β-unsaturated/α-hetero) is 1. The highest BCUT2D eigenvalue weighted by atomic mass is 32.2. The van der Waals surface area contributed by atoms with E-state index in [4.69, 9.17) is 4.42 Å². The summed E-state index contributed by atoms with van der Waals surface area (Å²) in [4.78, 5) is 12.8. The monoisotopic (exact) mass is 356 g/mol. The summed E-state index contributed by atoms with van der Waals surface area (Å²) in [6.07, 6.45) is 1.61. The van der Waals surface area contributed by atoms with E-state index in [0.29, 0.717) is 17.5 Å². The number of tetrazole rings is 1. The molecule has 0 aliphatic carbocycles. The first kappa shape index (κ1) is 17.4. The van der Waals surface area contributed by atoms with Gasteiger partial charge in [0.1, 0.15) is 12.3 Å². The molecule has 0 spiro atoms. The van der Waals surface area contributed by atoms with E-state index in [-0.39, 0.29) is 5.78 Å². The third-order valence-electron chi connectivity index (χ3n) is 4.36. The molecule has 0 N–H and O–H groups in total. The lowest BCUT2D eigenvalue weighted by molar-refractivity contribution is 0.102. The Bertz CT molecular complexity index is 874. The molecule has 0 atom stereocenters. The van der Waals surface area contributed by atoms with Crippen LogP contribution in [0.3, 0.4) is 0 Å². The lowest BCUT2D eigenvalue weighted by Gasteiger charge is -2.14. The Hall–Kier alpha value is -2.41. The van der Waals surface area contributed by atoms with Crippen LogP contribution in [-0.4, -0.2) is 31.7 Å². The van der Waals surface area contributed by atoms with Crippen LogP contribution in [-0.2, 0) is 6.54 Å². The number of aromatic nitrogens is 4. The van der Waals surface area contributed by atoms with Gasteiger partial charge >= 0.3 is 0 Å². The maximum atomic E-state index is 12.8. The standard InChI is InChI=1S/C18H20N4O2S/c1-11-8-12(2)14(4)17(13(11)3)16(23)10-25-18-19-20-21-22(18)9-15-6-5-7-24-15/h5-8H,9-10H2,1-4H3. The van der Waals surface area contributed by atoms with Gasteiger partial charge in [0.2, 0.25) is 5.16 Å². The van der Waals surface area contributed by atoms with Crippen molar-refractivity contribution in [1.82, 2.24) is 20.2 Å². The van der Waals surface area contributed by atoms with Gasteiger partial charge in [0, 0.05) is 5.56 Å². The number of ketones is 1. The maximum Gasteiger partial charge on any atom is 0.210 e. The number of rotatable bonds is 6. The molecule has 0 fully saturated rings. The summed E-state index contributed by atoms with van der Waals surface area (Å²) in [5.41, 5.74) is 5.18. The first-order valence-electron chi connectivity index (χ1n) is 7.99. The highest BCUT2D eigenvalue weighted by Crippen LogP contribution is 2.25. The fraction of sp³-hybridized carbons (Fsp3) is 0.333. The van der Waals surface area contributed by atoms with Gasteiger partial charge in [0.05, 0.1) is 12.0 Å². The van der Waals surface area contributed by atoms with Crippen LogP contribution < -0.4 is 0 Å². The number of aryl methyl sites for hydroxylation is 2. The van der Waals surface area contributed by atoms with E-state index < -0.39 is 0 Å². The quantitative estimate of drug-likeness (QED) is 0.497. The van der Waals surface area contributed by atoms with Crippen LogP contribution in [0, 0.1) is 27.7 Å². The second-order valence-corrected chi connectivity index (χ2v) is 6.99. The maximum absolute atomic E-state index is 12.8. The van der Waals surface area contributed by atoms with E-state index in [1.807, 2.05) is 39.8 Å². The van der Waals surface area contributed by atoms with E-state index in [1.165, 1.54) is 11.8 Å². The number of thioether (sulfide) groups is 1. The molecule has 6 nitrogen and oxygen atoms in total. The molecular formula is C18H20N4O2S. The Morgan fingerprint density at radius 3 is 2.56 bits per heavy atom. The van der Waals surface area contributed by atoms with Crippen LogP contribution in [0.4, 0.5) is 0 Å². The van der Waals surface area contributed by atoms with Crippen LogP contribution in [0.25, 0.3) is 0 Å². The van der Waals surface area contributed by atoms with Gasteiger partial charge in [-0.05, 0) is 72.5 Å². The Kier molecular flexibility index (Phi) is 5.03. The van der Waals surface area contributed by atoms with Gasteiger partial charge < -0.3 is 4.42 Å². The van der Waals surface area contributed by atoms with E-state index in [9.17, 15) is 4.79 Å². The molecular weight excluding hydrogens is 336 g/mol. The van der Waals surface area contributed by atoms with E-state index in [2.05, 4.69) is 21.6 Å². The summed E-state index contributed by atoms with van der Waals surface area (Å²) in [5, 5.41) is 12.3. The predicted octanol–water partition coefficient (Wildman–Crippen LogP) is 3.52. The summed E-state index contributed by atoms with van der Waals surface area (Å²) in [7, 11) is 0. The molecule has 0 amide bonds. The normalized spacial score (nSPS) is 11.0. The van der Waals surface area contributed by atoms with Gasteiger partial charge in [-0.2, -0.15) is 0 Å². The predicted molar refractivity (Wildman–Crippen MR) is 96.1 cm³/mol. The van der Waals surface area contributed by atoms with Gasteiger partial charge in [0.15, 0.2) is 5.78 Å². The number of furan rings is 1. The fourth-order valence-corrected chi connectivity index (χ4v) is 3.54. The molecule has 0 saturated heterocycles. The van der Waals surface area contributed by atoms with E-state index >= 15 is 0 Å². The number of hydrogen-bond donors (Lipinski definition) is 0. The van der Waals surface area contributed by atoms with E-state index in [0.717, 1.165) is 33.6 Å². The highest BCUT2D eigenvalue weighted by Gasteiger charge is 2.18. The first-order valence-corrected chi connectivity index (χ1v) is 8.98. The summed E-state index contributed by atoms with van der Waals surface area (Å²) in [6.45, 7) is 8.52. The Labute approximate surface area is 150 Å². The molecule has 0 radical (unpaired) electrons. The largest absolute Gasteiger partial charge is 0.467 e. The minimum atomic E-state index is 0.0966. The molecule has 0 bridgehead atoms. The molecule has 0 aliphatic rings. The fourth-order valence-electron chi connectivity index (χ4n) is 2.79. The van der Waals surface area contributed by atoms with Crippen molar-refractivity contribution in [3.8, 4) is 0 Å². The third kappa shape index (κ3) is 3.66. The highest BCUT2D eigenvalue weighted by molar-refractivity contribution is 7.99. The van der Waals surface area contributed by atoms with Crippen LogP contribution in [0.2, 0.25) is 0 Å². The lowest BCUT2D eigenvalue weighted by Crippen LogP contribution is -2.11. The van der Waals surface area contributed by atoms with Gasteiger partial charge in [-0.1, -0.05) is 17.8 Å². The summed E-state index contributed by atoms with van der Waals surface area (Å²) >= 11 is 1.34. The smallest absolute Gasteiger partial charge is 0.210 e. The molecule has 3 rings (SSSR count). The molecule has 0 saturated carbocycles. The number of carbonyl (C=O) groups excluding carboxylic acids is 1. The molecule has 25 heavy (non-hydrogen) atoms. The van der Waals surface area contributed by atoms with Crippen molar-refractivity contribution in [3.63, 3.8) is 0 Å². The van der Waals surface area contributed by atoms with Crippen molar-refractivity contribution in [2.75, 3.05) is 5.75 Å². The second kappa shape index (κ2) is 7.23. The number of carbonyl (C=O) groups is 1. The SMILES string of the molecule is Cc1cc(C)c(C)c(C(=O)CSc2nnnn2Cc2ccco2)c1C. The Balaban J connectivity index is 1.75. The second-order valence-electron chi connectivity index (χ2n) is 6.05. The van der Waals surface area contributed by atoms with Gasteiger partial charge in [-0.25, -0.2) is 4.68 Å². The van der Waals surface area contributed by atoms with Crippen molar-refractivity contribution in [2.24, 2.45) is 0 Å². The van der Waals surface area contributed by atoms with Crippen LogP contribution in [0.15, 0.2) is 34.0 Å². The van der Waals surface area contributed by atoms with E-state index in [1.54, 1.807) is 10.9 Å². The van der Waals surface area contributed by atoms with Gasteiger partial charge in [-0.15, -0.1) is 5.10 Å². The molecule has 1 aromatic carbocycles. The number of benzene rings is 1. The molecule has 0 unspecified atom stereocenters. The Morgan fingerprint density at radius 2 is 1.92 bits per heavy atom. The number of nitrogens with zero attached hydrogens (tertiary/aromatic N) is 4. The molecule has 3 aromatic rings. The minimum absolute atomic E-state index is 0.0966. The van der Waals surface area contributed by atoms with Crippen molar-refractivity contribution < 1.29 is 9.21 Å². The van der Waals surface area contributed by atoms with Crippen LogP contribution in [0.5, 0.6) is 0 Å². The zero-order valence-electron chi connectivity index (χ0n) is 14.7. The molecule has 130 valence electrons. The van der Waals surface area contributed by atoms with Gasteiger partial charge in [0.25, 0.3) is 0 Å². The average Bonchev–Trinajstić information content (AvgIpc) is 3.24. The molecule has 2 aromatic heterocycles. The van der Waals surface area contributed by atoms with Crippen molar-refractivity contribution in [1.29, 1.82) is 0 Å². The molecule has 0 aliphatic heterocycles.